The van der Waals surface area contributed by atoms with Crippen LogP contribution in [-0.2, 0) is 16.0 Å². The van der Waals surface area contributed by atoms with Crippen molar-refractivity contribution in [2.24, 2.45) is 0 Å². The molecule has 0 unspecified atom stereocenters. The summed E-state index contributed by atoms with van der Waals surface area (Å²) in [4.78, 5) is 42.6. The van der Waals surface area contributed by atoms with Crippen molar-refractivity contribution in [3.63, 3.8) is 0 Å². The number of methoxy groups -OCH3 is 2. The maximum atomic E-state index is 15.4. The average molecular weight is 472 g/mol. The molecule has 0 N–H and O–H groups in total. The quantitative estimate of drug-likeness (QED) is 0.308. The van der Waals surface area contributed by atoms with Crippen LogP contribution in [0.15, 0.2) is 36.5 Å². The van der Waals surface area contributed by atoms with Crippen LogP contribution in [0.25, 0.3) is 5.65 Å². The number of hydrogen-bond donors (Lipinski definition) is 0. The van der Waals surface area contributed by atoms with Crippen molar-refractivity contribution in [1.82, 2.24) is 19.5 Å². The number of imidazole rings is 1. The molecule has 0 bridgehead atoms. The lowest BCUT2D eigenvalue weighted by Gasteiger charge is -2.36. The van der Waals surface area contributed by atoms with Crippen LogP contribution in [-0.4, -0.2) is 70.1 Å². The average Bonchev–Trinajstić information content (AvgIpc) is 3.26. The standard InChI is InChI=1S/C23H22F2N4O5/c1-33-17-11-18-26-13-16(20(30)22(32)34-2)29(18)27-19(17)21(31)28-9-7-23(25,8-10-28)12-14-3-5-15(24)6-4-14/h3-6,11,13H,7-10,12H2,1-2H3. The lowest BCUT2D eigenvalue weighted by molar-refractivity contribution is -0.135. The van der Waals surface area contributed by atoms with E-state index in [-0.39, 0.29) is 61.0 Å². The fourth-order valence-electron chi connectivity index (χ4n) is 3.96. The Hall–Kier alpha value is -3.89. The Morgan fingerprint density at radius 2 is 1.79 bits per heavy atom. The van der Waals surface area contributed by atoms with E-state index >= 15 is 4.39 Å². The number of halogens is 2. The number of carbonyl (C=O) groups excluding carboxylic acids is 3. The summed E-state index contributed by atoms with van der Waals surface area (Å²) >= 11 is 0. The molecule has 0 atom stereocenters. The lowest BCUT2D eigenvalue weighted by atomic mass is 9.87. The molecule has 3 aromatic rings. The van der Waals surface area contributed by atoms with Crippen LogP contribution in [0.4, 0.5) is 8.78 Å². The van der Waals surface area contributed by atoms with E-state index in [1.54, 1.807) is 12.1 Å². The molecule has 34 heavy (non-hydrogen) atoms. The van der Waals surface area contributed by atoms with Gasteiger partial charge in [0, 0.05) is 25.6 Å². The van der Waals surface area contributed by atoms with Crippen LogP contribution in [0.3, 0.4) is 0 Å². The molecule has 4 rings (SSSR count). The van der Waals surface area contributed by atoms with E-state index in [1.807, 2.05) is 0 Å². The van der Waals surface area contributed by atoms with Gasteiger partial charge in [0.1, 0.15) is 17.2 Å². The number of hydrogen-bond acceptors (Lipinski definition) is 7. The summed E-state index contributed by atoms with van der Waals surface area (Å²) in [5.74, 6) is -2.82. The van der Waals surface area contributed by atoms with Crippen molar-refractivity contribution in [3.05, 3.63) is 59.3 Å². The minimum atomic E-state index is -1.53. The third-order valence-corrected chi connectivity index (χ3v) is 5.86. The Morgan fingerprint density at radius 1 is 1.12 bits per heavy atom. The predicted molar refractivity (Wildman–Crippen MR) is 115 cm³/mol. The molecule has 9 nitrogen and oxygen atoms in total. The first-order valence-electron chi connectivity index (χ1n) is 10.5. The maximum Gasteiger partial charge on any atom is 0.381 e. The Bertz CT molecular complexity index is 1250. The van der Waals surface area contributed by atoms with Gasteiger partial charge in [-0.2, -0.15) is 5.10 Å². The molecule has 1 saturated heterocycles. The minimum Gasteiger partial charge on any atom is -0.494 e. The highest BCUT2D eigenvalue weighted by Crippen LogP contribution is 2.32. The summed E-state index contributed by atoms with van der Waals surface area (Å²) in [5, 5.41) is 4.21. The SMILES string of the molecule is COC(=O)C(=O)c1cnc2cc(OC)c(C(=O)N3CCC(F)(Cc4ccc(F)cc4)CC3)nn12. The van der Waals surface area contributed by atoms with E-state index in [2.05, 4.69) is 14.8 Å². The van der Waals surface area contributed by atoms with Gasteiger partial charge in [0.15, 0.2) is 17.1 Å². The number of fused-ring (bicyclic) bond motifs is 1. The molecule has 11 heteroatoms. The normalized spacial score (nSPS) is 15.2. The van der Waals surface area contributed by atoms with Gasteiger partial charge in [0.2, 0.25) is 0 Å². The number of benzene rings is 1. The van der Waals surface area contributed by atoms with Gasteiger partial charge >= 0.3 is 5.97 Å². The number of likely N-dealkylation sites (tertiary alicyclic amines) is 1. The van der Waals surface area contributed by atoms with Crippen LogP contribution in [0.5, 0.6) is 5.75 Å². The third kappa shape index (κ3) is 4.45. The van der Waals surface area contributed by atoms with E-state index in [4.69, 9.17) is 4.74 Å². The molecule has 1 amide bonds. The van der Waals surface area contributed by atoms with Crippen molar-refractivity contribution in [2.75, 3.05) is 27.3 Å². The molecule has 0 radical (unpaired) electrons. The second-order valence-corrected chi connectivity index (χ2v) is 8.04. The highest BCUT2D eigenvalue weighted by Gasteiger charge is 2.37. The van der Waals surface area contributed by atoms with E-state index in [0.29, 0.717) is 5.56 Å². The Balaban J connectivity index is 1.55. The molecule has 178 valence electrons. The Kier molecular flexibility index (Phi) is 6.27. The van der Waals surface area contributed by atoms with E-state index in [9.17, 15) is 18.8 Å². The number of amides is 1. The molecule has 1 aliphatic rings. The number of piperidine rings is 1. The monoisotopic (exact) mass is 472 g/mol. The zero-order valence-electron chi connectivity index (χ0n) is 18.6. The van der Waals surface area contributed by atoms with Crippen molar-refractivity contribution >= 4 is 23.3 Å². The molecule has 2 aromatic heterocycles. The number of alkyl halides is 1. The van der Waals surface area contributed by atoms with Crippen LogP contribution >= 0.6 is 0 Å². The smallest absolute Gasteiger partial charge is 0.381 e. The molecule has 1 aliphatic heterocycles. The van der Waals surface area contributed by atoms with Crippen LogP contribution in [0.1, 0.15) is 39.4 Å². The first-order valence-corrected chi connectivity index (χ1v) is 10.5. The molecule has 0 saturated carbocycles. The number of aromatic nitrogens is 3. The van der Waals surface area contributed by atoms with Crippen molar-refractivity contribution in [3.8, 4) is 5.75 Å². The number of carbonyl (C=O) groups is 3. The van der Waals surface area contributed by atoms with E-state index in [0.717, 1.165) is 17.8 Å². The second kappa shape index (κ2) is 9.16. The predicted octanol–water partition coefficient (Wildman–Crippen LogP) is 2.42. The molecule has 0 spiro atoms. The van der Waals surface area contributed by atoms with Gasteiger partial charge in [-0.1, -0.05) is 12.1 Å². The first kappa shape index (κ1) is 23.3. The zero-order valence-corrected chi connectivity index (χ0v) is 18.6. The van der Waals surface area contributed by atoms with Gasteiger partial charge in [-0.25, -0.2) is 23.1 Å². The summed E-state index contributed by atoms with van der Waals surface area (Å²) in [7, 11) is 2.44. The molecule has 1 fully saturated rings. The molecular formula is C23H22F2N4O5. The maximum absolute atomic E-state index is 15.4. The van der Waals surface area contributed by atoms with Crippen molar-refractivity contribution < 1.29 is 32.6 Å². The van der Waals surface area contributed by atoms with Gasteiger partial charge in [0.05, 0.1) is 20.4 Å². The largest absolute Gasteiger partial charge is 0.494 e. The summed E-state index contributed by atoms with van der Waals surface area (Å²) in [6.45, 7) is 0.272. The fraction of sp³-hybridized carbons (Fsp3) is 0.348. The summed E-state index contributed by atoms with van der Waals surface area (Å²) in [6, 6.07) is 7.11. The second-order valence-electron chi connectivity index (χ2n) is 8.04. The van der Waals surface area contributed by atoms with Crippen molar-refractivity contribution in [2.45, 2.75) is 24.9 Å². The van der Waals surface area contributed by atoms with E-state index < -0.39 is 23.3 Å². The van der Waals surface area contributed by atoms with Gasteiger partial charge in [0.25, 0.3) is 11.7 Å². The number of ether oxygens (including phenoxy) is 2. The van der Waals surface area contributed by atoms with E-state index in [1.165, 1.54) is 30.2 Å². The Labute approximate surface area is 193 Å². The van der Waals surface area contributed by atoms with Crippen LogP contribution in [0.2, 0.25) is 0 Å². The molecule has 1 aromatic carbocycles. The molecule has 0 aliphatic carbocycles. The number of Topliss-reactive ketones (excluding diaryl/α,β-unsaturated/α-hetero) is 1. The highest BCUT2D eigenvalue weighted by molar-refractivity contribution is 6.40. The topological polar surface area (TPSA) is 103 Å². The van der Waals surface area contributed by atoms with Crippen LogP contribution < -0.4 is 4.74 Å². The summed E-state index contributed by atoms with van der Waals surface area (Å²) in [5.41, 5.74) is -0.918. The zero-order chi connectivity index (χ0) is 24.5. The minimum absolute atomic E-state index is 0.0951. The van der Waals surface area contributed by atoms with Gasteiger partial charge in [-0.3, -0.25) is 9.59 Å². The van der Waals surface area contributed by atoms with Gasteiger partial charge in [-0.15, -0.1) is 0 Å². The van der Waals surface area contributed by atoms with Gasteiger partial charge < -0.3 is 14.4 Å². The fourth-order valence-corrected chi connectivity index (χ4v) is 3.96. The summed E-state index contributed by atoms with van der Waals surface area (Å²) < 4.78 is 39.3. The third-order valence-electron chi connectivity index (χ3n) is 5.86. The Morgan fingerprint density at radius 3 is 2.41 bits per heavy atom. The number of ketones is 1. The highest BCUT2D eigenvalue weighted by atomic mass is 19.1. The van der Waals surface area contributed by atoms with Crippen molar-refractivity contribution in [1.29, 1.82) is 0 Å². The summed E-state index contributed by atoms with van der Waals surface area (Å²) in [6.07, 6.45) is 1.47. The number of rotatable bonds is 6. The lowest BCUT2D eigenvalue weighted by Crippen LogP contribution is -2.46. The van der Waals surface area contributed by atoms with Gasteiger partial charge in [-0.05, 0) is 30.5 Å². The first-order chi connectivity index (χ1) is 16.2. The number of nitrogens with zero attached hydrogens (tertiary/aromatic N) is 4. The molecule has 3 heterocycles. The number of esters is 1. The van der Waals surface area contributed by atoms with Crippen LogP contribution in [0, 0.1) is 5.82 Å². The molecular weight excluding hydrogens is 450 g/mol.